The third-order valence-electron chi connectivity index (χ3n) is 6.49. The lowest BCUT2D eigenvalue weighted by Crippen LogP contribution is -2.14. The minimum atomic E-state index is 0.252. The van der Waals surface area contributed by atoms with Crippen molar-refractivity contribution >= 4 is 17.1 Å². The Morgan fingerprint density at radius 3 is 2.66 bits per heavy atom. The summed E-state index contributed by atoms with van der Waals surface area (Å²) in [5.41, 5.74) is 6.86. The van der Waals surface area contributed by atoms with E-state index in [9.17, 15) is 4.79 Å². The van der Waals surface area contributed by atoms with Crippen molar-refractivity contribution < 1.29 is 4.79 Å². The Bertz CT molecular complexity index is 1050. The molecule has 5 rings (SSSR count). The van der Waals surface area contributed by atoms with E-state index in [1.807, 2.05) is 11.3 Å². The summed E-state index contributed by atoms with van der Waals surface area (Å²) in [6.45, 7) is 4.99. The van der Waals surface area contributed by atoms with Gasteiger partial charge in [-0.1, -0.05) is 61.9 Å². The van der Waals surface area contributed by atoms with Crippen LogP contribution in [-0.2, 0) is 13.0 Å². The Morgan fingerprint density at radius 2 is 1.90 bits per heavy atom. The van der Waals surface area contributed by atoms with Crippen LogP contribution in [0.5, 0.6) is 0 Å². The van der Waals surface area contributed by atoms with Crippen molar-refractivity contribution in [1.82, 2.24) is 9.78 Å². The van der Waals surface area contributed by atoms with Crippen LogP contribution >= 0.6 is 11.3 Å². The summed E-state index contributed by atoms with van der Waals surface area (Å²) in [5.74, 6) is 0.801. The normalized spacial score (nSPS) is 16.1. The van der Waals surface area contributed by atoms with Crippen LogP contribution in [0.1, 0.15) is 75.5 Å². The third-order valence-corrected chi connectivity index (χ3v) is 7.54. The van der Waals surface area contributed by atoms with Gasteiger partial charge in [0.1, 0.15) is 5.69 Å². The number of ketones is 1. The number of hydrogen-bond acceptors (Lipinski definition) is 3. The average molecular weight is 405 g/mol. The fourth-order valence-electron chi connectivity index (χ4n) is 4.98. The lowest BCUT2D eigenvalue weighted by molar-refractivity contribution is 0.0943. The van der Waals surface area contributed by atoms with Gasteiger partial charge in [-0.05, 0) is 31.4 Å². The van der Waals surface area contributed by atoms with Crippen LogP contribution in [0.3, 0.4) is 0 Å². The van der Waals surface area contributed by atoms with Crippen molar-refractivity contribution in [1.29, 1.82) is 0 Å². The van der Waals surface area contributed by atoms with Crippen LogP contribution in [0.2, 0.25) is 0 Å². The molecule has 2 aliphatic rings. The van der Waals surface area contributed by atoms with Gasteiger partial charge in [0.15, 0.2) is 5.78 Å². The van der Waals surface area contributed by atoms with Gasteiger partial charge in [-0.15, -0.1) is 11.3 Å². The van der Waals surface area contributed by atoms with E-state index in [1.54, 1.807) is 0 Å². The summed E-state index contributed by atoms with van der Waals surface area (Å²) in [6.07, 6.45) is 7.80. The van der Waals surface area contributed by atoms with E-state index in [4.69, 9.17) is 5.10 Å². The minimum Gasteiger partial charge on any atom is -0.292 e. The summed E-state index contributed by atoms with van der Waals surface area (Å²) in [7, 11) is 0. The first kappa shape index (κ1) is 18.8. The number of Topliss-reactive ketones (excluding diaryl/α,β-unsaturated/α-hetero) is 1. The molecule has 3 aromatic rings. The molecule has 0 unspecified atom stereocenters. The highest BCUT2D eigenvalue weighted by atomic mass is 32.1. The maximum Gasteiger partial charge on any atom is 0.183 e. The molecule has 0 radical (unpaired) electrons. The van der Waals surface area contributed by atoms with Crippen molar-refractivity contribution in [3.05, 3.63) is 62.5 Å². The van der Waals surface area contributed by atoms with Gasteiger partial charge in [-0.3, -0.25) is 9.48 Å². The Kier molecular flexibility index (Phi) is 4.91. The Morgan fingerprint density at radius 1 is 1.14 bits per heavy atom. The van der Waals surface area contributed by atoms with Crippen LogP contribution < -0.4 is 0 Å². The van der Waals surface area contributed by atoms with Gasteiger partial charge < -0.3 is 0 Å². The van der Waals surface area contributed by atoms with Gasteiger partial charge >= 0.3 is 0 Å². The number of rotatable bonds is 5. The molecule has 0 aliphatic heterocycles. The maximum atomic E-state index is 13.3. The molecule has 0 bridgehead atoms. The molecule has 3 nitrogen and oxygen atoms in total. The second-order valence-corrected chi connectivity index (χ2v) is 10.2. The topological polar surface area (TPSA) is 34.9 Å². The number of aryl methyl sites for hydroxylation is 2. The first-order valence-corrected chi connectivity index (χ1v) is 11.7. The Balaban J connectivity index is 1.50. The molecule has 0 spiro atoms. The highest BCUT2D eigenvalue weighted by molar-refractivity contribution is 7.12. The van der Waals surface area contributed by atoms with Gasteiger partial charge in [-0.25, -0.2) is 0 Å². The van der Waals surface area contributed by atoms with Crippen molar-refractivity contribution in [3.8, 4) is 11.3 Å². The molecule has 2 aliphatic carbocycles. The largest absolute Gasteiger partial charge is 0.292 e. The van der Waals surface area contributed by atoms with Crippen LogP contribution in [-0.4, -0.2) is 15.6 Å². The molecular weight excluding hydrogens is 376 g/mol. The van der Waals surface area contributed by atoms with Crippen molar-refractivity contribution in [2.24, 2.45) is 5.92 Å². The molecule has 0 saturated heterocycles. The van der Waals surface area contributed by atoms with E-state index in [1.165, 1.54) is 69.8 Å². The standard InChI is InChI=1S/C25H28N2OS/c1-16-8-10-19(11-9-16)15-27-25-20-12-17(2)29-23(20)14-21(25)24(26-27)22(28)13-18-6-4-3-5-7-18/h8-12,18H,3-7,13-15H2,1-2H3. The zero-order valence-electron chi connectivity index (χ0n) is 17.3. The number of fused-ring (bicyclic) bond motifs is 3. The van der Waals surface area contributed by atoms with E-state index < -0.39 is 0 Å². The number of hydrogen-bond donors (Lipinski definition) is 0. The molecule has 150 valence electrons. The van der Waals surface area contributed by atoms with Crippen LogP contribution in [0.25, 0.3) is 11.3 Å². The molecular formula is C25H28N2OS. The highest BCUT2D eigenvalue weighted by Gasteiger charge is 2.32. The summed E-state index contributed by atoms with van der Waals surface area (Å²) in [5, 5.41) is 4.89. The molecule has 0 atom stereocenters. The summed E-state index contributed by atoms with van der Waals surface area (Å²) in [6, 6.07) is 10.9. The van der Waals surface area contributed by atoms with E-state index in [0.717, 1.165) is 12.1 Å². The lowest BCUT2D eigenvalue weighted by Gasteiger charge is -2.20. The van der Waals surface area contributed by atoms with E-state index in [2.05, 4.69) is 48.9 Å². The number of benzene rings is 1. The van der Waals surface area contributed by atoms with Crippen molar-refractivity contribution in [2.45, 2.75) is 65.3 Å². The fraction of sp³-hybridized carbons (Fsp3) is 0.440. The van der Waals surface area contributed by atoms with Crippen LogP contribution in [0.15, 0.2) is 30.3 Å². The quantitative estimate of drug-likeness (QED) is 0.364. The SMILES string of the molecule is Cc1ccc(Cn2nc(C(=O)CC3CCCCC3)c3c2-c2cc(C)sc2C3)cc1. The van der Waals surface area contributed by atoms with Gasteiger partial charge in [0.05, 0.1) is 12.2 Å². The first-order valence-electron chi connectivity index (χ1n) is 10.9. The monoisotopic (exact) mass is 404 g/mol. The number of thiophene rings is 1. The lowest BCUT2D eigenvalue weighted by atomic mass is 9.85. The van der Waals surface area contributed by atoms with Gasteiger partial charge in [0.25, 0.3) is 0 Å². The summed E-state index contributed by atoms with van der Waals surface area (Å²) >= 11 is 1.86. The van der Waals surface area contributed by atoms with Gasteiger partial charge in [0.2, 0.25) is 0 Å². The van der Waals surface area contributed by atoms with Gasteiger partial charge in [0, 0.05) is 33.7 Å². The highest BCUT2D eigenvalue weighted by Crippen LogP contribution is 2.43. The zero-order chi connectivity index (χ0) is 20.0. The van der Waals surface area contributed by atoms with Crippen LogP contribution in [0, 0.1) is 19.8 Å². The second kappa shape index (κ2) is 7.56. The molecule has 2 heterocycles. The molecule has 1 saturated carbocycles. The Labute approximate surface area is 176 Å². The van der Waals surface area contributed by atoms with Crippen LogP contribution in [0.4, 0.5) is 0 Å². The molecule has 4 heteroatoms. The third kappa shape index (κ3) is 3.59. The average Bonchev–Trinajstić information content (AvgIpc) is 3.34. The number of aromatic nitrogens is 2. The predicted octanol–water partition coefficient (Wildman–Crippen LogP) is 6.33. The number of nitrogens with zero attached hydrogens (tertiary/aromatic N) is 2. The van der Waals surface area contributed by atoms with E-state index in [-0.39, 0.29) is 5.78 Å². The molecule has 29 heavy (non-hydrogen) atoms. The number of carbonyl (C=O) groups is 1. The summed E-state index contributed by atoms with van der Waals surface area (Å²) < 4.78 is 2.09. The smallest absolute Gasteiger partial charge is 0.183 e. The second-order valence-electron chi connectivity index (χ2n) is 8.82. The minimum absolute atomic E-state index is 0.252. The number of carbonyl (C=O) groups excluding carboxylic acids is 1. The summed E-state index contributed by atoms with van der Waals surface area (Å²) in [4.78, 5) is 16.0. The van der Waals surface area contributed by atoms with Gasteiger partial charge in [-0.2, -0.15) is 5.10 Å². The fourth-order valence-corrected chi connectivity index (χ4v) is 6.03. The Hall–Kier alpha value is -2.20. The first-order chi connectivity index (χ1) is 14.1. The van der Waals surface area contributed by atoms with Crippen molar-refractivity contribution in [3.63, 3.8) is 0 Å². The molecule has 0 amide bonds. The van der Waals surface area contributed by atoms with E-state index in [0.29, 0.717) is 18.9 Å². The predicted molar refractivity (Wildman–Crippen MR) is 119 cm³/mol. The molecule has 1 fully saturated rings. The van der Waals surface area contributed by atoms with Crippen molar-refractivity contribution in [2.75, 3.05) is 0 Å². The molecule has 2 aromatic heterocycles. The van der Waals surface area contributed by atoms with E-state index >= 15 is 0 Å². The molecule has 0 N–H and O–H groups in total. The molecule has 1 aromatic carbocycles. The zero-order valence-corrected chi connectivity index (χ0v) is 18.1. The maximum absolute atomic E-state index is 13.3.